The lowest BCUT2D eigenvalue weighted by Gasteiger charge is -2.12. The Morgan fingerprint density at radius 3 is 2.81 bits per heavy atom. The Morgan fingerprint density at radius 2 is 2.03 bits per heavy atom. The molecule has 160 valence electrons. The Balaban J connectivity index is 1.68. The van der Waals surface area contributed by atoms with Crippen molar-refractivity contribution in [1.29, 1.82) is 0 Å². The zero-order valence-corrected chi connectivity index (χ0v) is 18.0. The van der Waals surface area contributed by atoms with Crippen LogP contribution in [0.1, 0.15) is 34.0 Å². The summed E-state index contributed by atoms with van der Waals surface area (Å²) in [6, 6.07) is 11.7. The maximum Gasteiger partial charge on any atom is 0.290 e. The van der Waals surface area contributed by atoms with Gasteiger partial charge in [0.15, 0.2) is 5.82 Å². The third-order valence-corrected chi connectivity index (χ3v) is 5.13. The SMILES string of the molecule is CN(C)CCCNC(=O)c1nc2n(n1)-c1ccc(Cl)cc1C(c1ccccc1F)=NC2. The van der Waals surface area contributed by atoms with Crippen LogP contribution in [-0.4, -0.2) is 58.5 Å². The Kier molecular flexibility index (Phi) is 6.11. The number of nitrogens with one attached hydrogen (secondary N) is 1. The smallest absolute Gasteiger partial charge is 0.290 e. The quantitative estimate of drug-likeness (QED) is 0.598. The molecule has 31 heavy (non-hydrogen) atoms. The van der Waals surface area contributed by atoms with E-state index in [0.29, 0.717) is 39.9 Å². The molecular formula is C22H22ClFN6O. The van der Waals surface area contributed by atoms with E-state index in [0.717, 1.165) is 13.0 Å². The number of benzene rings is 2. The number of aliphatic imine (C=N–C) groups is 1. The number of hydrogen-bond acceptors (Lipinski definition) is 5. The molecule has 0 fully saturated rings. The molecule has 0 bridgehead atoms. The molecule has 0 aliphatic carbocycles. The van der Waals surface area contributed by atoms with Crippen LogP contribution in [0, 0.1) is 5.82 Å². The first kappa shape index (κ1) is 21.1. The van der Waals surface area contributed by atoms with Gasteiger partial charge >= 0.3 is 0 Å². The summed E-state index contributed by atoms with van der Waals surface area (Å²) in [5.41, 5.74) is 2.10. The number of carbonyl (C=O) groups excluding carboxylic acids is 1. The lowest BCUT2D eigenvalue weighted by atomic mass is 10.00. The van der Waals surface area contributed by atoms with Crippen molar-refractivity contribution in [2.45, 2.75) is 13.0 Å². The molecule has 0 spiro atoms. The van der Waals surface area contributed by atoms with Crippen molar-refractivity contribution in [2.75, 3.05) is 27.2 Å². The van der Waals surface area contributed by atoms with Gasteiger partial charge in [-0.05, 0) is 57.4 Å². The van der Waals surface area contributed by atoms with Crippen molar-refractivity contribution >= 4 is 23.2 Å². The summed E-state index contributed by atoms with van der Waals surface area (Å²) in [4.78, 5) is 23.6. The van der Waals surface area contributed by atoms with E-state index in [1.54, 1.807) is 41.1 Å². The highest BCUT2D eigenvalue weighted by atomic mass is 35.5. The molecule has 7 nitrogen and oxygen atoms in total. The van der Waals surface area contributed by atoms with Crippen LogP contribution in [-0.2, 0) is 6.54 Å². The first-order valence-corrected chi connectivity index (χ1v) is 10.3. The second kappa shape index (κ2) is 8.95. The van der Waals surface area contributed by atoms with Crippen molar-refractivity contribution in [2.24, 2.45) is 4.99 Å². The molecule has 1 aromatic heterocycles. The van der Waals surface area contributed by atoms with Crippen molar-refractivity contribution in [3.63, 3.8) is 0 Å². The molecule has 2 aromatic carbocycles. The number of nitrogens with zero attached hydrogens (tertiary/aromatic N) is 5. The van der Waals surface area contributed by atoms with E-state index in [2.05, 4.69) is 25.3 Å². The predicted molar refractivity (Wildman–Crippen MR) is 118 cm³/mol. The molecular weight excluding hydrogens is 419 g/mol. The molecule has 9 heteroatoms. The Hall–Kier alpha value is -3.10. The van der Waals surface area contributed by atoms with E-state index in [1.807, 2.05) is 14.1 Å². The minimum Gasteiger partial charge on any atom is -0.349 e. The highest BCUT2D eigenvalue weighted by Gasteiger charge is 2.25. The number of halogens is 2. The van der Waals surface area contributed by atoms with E-state index >= 15 is 0 Å². The monoisotopic (exact) mass is 440 g/mol. The van der Waals surface area contributed by atoms with Crippen LogP contribution >= 0.6 is 11.6 Å². The van der Waals surface area contributed by atoms with Gasteiger partial charge in [0.2, 0.25) is 5.82 Å². The Labute approximate surface area is 184 Å². The minimum atomic E-state index is -0.377. The molecule has 1 aliphatic heterocycles. The van der Waals surface area contributed by atoms with Crippen LogP contribution < -0.4 is 5.32 Å². The maximum atomic E-state index is 14.5. The van der Waals surface area contributed by atoms with E-state index in [9.17, 15) is 9.18 Å². The highest BCUT2D eigenvalue weighted by Crippen LogP contribution is 2.27. The zero-order chi connectivity index (χ0) is 22.0. The van der Waals surface area contributed by atoms with Gasteiger partial charge in [0.25, 0.3) is 5.91 Å². The number of aromatic nitrogens is 3. The van der Waals surface area contributed by atoms with Crippen molar-refractivity contribution < 1.29 is 9.18 Å². The first-order valence-electron chi connectivity index (χ1n) is 9.92. The van der Waals surface area contributed by atoms with Gasteiger partial charge in [-0.1, -0.05) is 23.7 Å². The minimum absolute atomic E-state index is 0.0743. The normalized spacial score (nSPS) is 12.7. The third-order valence-electron chi connectivity index (χ3n) is 4.89. The van der Waals surface area contributed by atoms with Gasteiger partial charge in [-0.25, -0.2) is 14.1 Å². The van der Waals surface area contributed by atoms with Crippen molar-refractivity contribution in [1.82, 2.24) is 25.0 Å². The number of rotatable bonds is 6. The zero-order valence-electron chi connectivity index (χ0n) is 17.3. The van der Waals surface area contributed by atoms with Crippen LogP contribution in [0.25, 0.3) is 5.69 Å². The summed E-state index contributed by atoms with van der Waals surface area (Å²) < 4.78 is 16.1. The van der Waals surface area contributed by atoms with Crippen LogP contribution in [0.5, 0.6) is 0 Å². The van der Waals surface area contributed by atoms with E-state index in [1.165, 1.54) is 6.07 Å². The van der Waals surface area contributed by atoms with Gasteiger partial charge in [0.1, 0.15) is 5.82 Å². The average Bonchev–Trinajstić information content (AvgIpc) is 3.10. The fourth-order valence-corrected chi connectivity index (χ4v) is 3.59. The third kappa shape index (κ3) is 4.50. The molecule has 0 saturated carbocycles. The van der Waals surface area contributed by atoms with Crippen molar-refractivity contribution in [3.8, 4) is 5.69 Å². The lowest BCUT2D eigenvalue weighted by Crippen LogP contribution is -2.28. The molecule has 0 saturated heterocycles. The summed E-state index contributed by atoms with van der Waals surface area (Å²) in [6.45, 7) is 1.55. The molecule has 1 aliphatic rings. The number of hydrogen-bond donors (Lipinski definition) is 1. The summed E-state index contributed by atoms with van der Waals surface area (Å²) in [7, 11) is 3.96. The summed E-state index contributed by atoms with van der Waals surface area (Å²) in [6.07, 6.45) is 0.823. The summed E-state index contributed by atoms with van der Waals surface area (Å²) >= 11 is 6.24. The fraction of sp³-hybridized carbons (Fsp3) is 0.273. The van der Waals surface area contributed by atoms with Gasteiger partial charge in [-0.3, -0.25) is 9.79 Å². The van der Waals surface area contributed by atoms with E-state index in [4.69, 9.17) is 11.6 Å². The van der Waals surface area contributed by atoms with Gasteiger partial charge in [0.05, 0.1) is 17.9 Å². The Bertz CT molecular complexity index is 1160. The van der Waals surface area contributed by atoms with Gasteiger partial charge in [-0.2, -0.15) is 0 Å². The van der Waals surface area contributed by atoms with Gasteiger partial charge in [0, 0.05) is 22.7 Å². The molecule has 3 aromatic rings. The molecule has 1 N–H and O–H groups in total. The van der Waals surface area contributed by atoms with Crippen LogP contribution in [0.2, 0.25) is 5.02 Å². The van der Waals surface area contributed by atoms with Gasteiger partial charge < -0.3 is 10.2 Å². The Morgan fingerprint density at radius 1 is 1.23 bits per heavy atom. The summed E-state index contributed by atoms with van der Waals surface area (Å²) in [5, 5.41) is 7.75. The topological polar surface area (TPSA) is 75.4 Å². The predicted octanol–water partition coefficient (Wildman–Crippen LogP) is 3.09. The number of fused-ring (bicyclic) bond motifs is 3. The van der Waals surface area contributed by atoms with E-state index in [-0.39, 0.29) is 24.1 Å². The summed E-state index contributed by atoms with van der Waals surface area (Å²) in [5.74, 6) is -0.149. The molecule has 2 heterocycles. The molecule has 0 unspecified atom stereocenters. The lowest BCUT2D eigenvalue weighted by molar-refractivity contribution is 0.0942. The van der Waals surface area contributed by atoms with Crippen LogP contribution in [0.3, 0.4) is 0 Å². The molecule has 0 atom stereocenters. The van der Waals surface area contributed by atoms with Crippen molar-refractivity contribution in [3.05, 3.63) is 76.1 Å². The largest absolute Gasteiger partial charge is 0.349 e. The molecule has 0 radical (unpaired) electrons. The first-order chi connectivity index (χ1) is 14.9. The fourth-order valence-electron chi connectivity index (χ4n) is 3.41. The molecule has 1 amide bonds. The number of carbonyl (C=O) groups is 1. The second-order valence-electron chi connectivity index (χ2n) is 7.48. The van der Waals surface area contributed by atoms with E-state index < -0.39 is 0 Å². The molecule has 4 rings (SSSR count). The van der Waals surface area contributed by atoms with Gasteiger partial charge in [-0.15, -0.1) is 5.10 Å². The highest BCUT2D eigenvalue weighted by molar-refractivity contribution is 6.31. The number of amides is 1. The average molecular weight is 441 g/mol. The second-order valence-corrected chi connectivity index (χ2v) is 7.92. The van der Waals surface area contributed by atoms with Crippen LogP contribution in [0.15, 0.2) is 47.5 Å². The standard InChI is InChI=1S/C22H22ClFN6O/c1-29(2)11-5-10-25-22(31)21-27-19-13-26-20(15-6-3-4-7-17(15)24)16-12-14(23)8-9-18(16)30(19)28-21/h3-4,6-9,12H,5,10-11,13H2,1-2H3,(H,25,31). The maximum absolute atomic E-state index is 14.5. The van der Waals surface area contributed by atoms with Crippen LogP contribution in [0.4, 0.5) is 4.39 Å².